The highest BCUT2D eigenvalue weighted by molar-refractivity contribution is 5.90. The van der Waals surface area contributed by atoms with Crippen LogP contribution in [0.15, 0.2) is 30.6 Å². The van der Waals surface area contributed by atoms with Gasteiger partial charge in [-0.2, -0.15) is 9.97 Å². The van der Waals surface area contributed by atoms with Crippen molar-refractivity contribution in [3.05, 3.63) is 36.2 Å². The number of anilines is 3. The van der Waals surface area contributed by atoms with Crippen molar-refractivity contribution in [1.29, 1.82) is 0 Å². The molecule has 1 fully saturated rings. The van der Waals surface area contributed by atoms with Crippen LogP contribution in [-0.4, -0.2) is 44.6 Å². The first-order chi connectivity index (χ1) is 15.1. The lowest BCUT2D eigenvalue weighted by atomic mass is 9.92. The van der Waals surface area contributed by atoms with E-state index >= 15 is 0 Å². The van der Waals surface area contributed by atoms with Gasteiger partial charge >= 0.3 is 5.97 Å². The summed E-state index contributed by atoms with van der Waals surface area (Å²) in [5, 5.41) is 6.72. The molecule has 2 aromatic heterocycles. The molecule has 0 saturated heterocycles. The van der Waals surface area contributed by atoms with Crippen LogP contribution in [0.1, 0.15) is 55.8 Å². The SMILES string of the molecule is CCCCOC(=O)c1ccc(Nc2nc(N[C@H]3CC[C@H](N)CC3)nc3[nH]cnc23)cc1. The van der Waals surface area contributed by atoms with Crippen LogP contribution in [0.2, 0.25) is 0 Å². The Balaban J connectivity index is 1.47. The van der Waals surface area contributed by atoms with Crippen molar-refractivity contribution in [3.8, 4) is 0 Å². The molecule has 9 heteroatoms. The maximum atomic E-state index is 12.1. The van der Waals surface area contributed by atoms with Crippen molar-refractivity contribution in [3.63, 3.8) is 0 Å². The van der Waals surface area contributed by atoms with Crippen LogP contribution in [0.3, 0.4) is 0 Å². The summed E-state index contributed by atoms with van der Waals surface area (Å²) in [7, 11) is 0. The van der Waals surface area contributed by atoms with Crippen molar-refractivity contribution in [1.82, 2.24) is 19.9 Å². The van der Waals surface area contributed by atoms with Gasteiger partial charge in [0, 0.05) is 17.8 Å². The highest BCUT2D eigenvalue weighted by Gasteiger charge is 2.20. The number of carbonyl (C=O) groups excluding carboxylic acids is 1. The summed E-state index contributed by atoms with van der Waals surface area (Å²) in [6, 6.07) is 7.73. The fourth-order valence-electron chi connectivity index (χ4n) is 3.65. The predicted octanol–water partition coefficient (Wildman–Crippen LogP) is 3.74. The van der Waals surface area contributed by atoms with Crippen LogP contribution in [0.5, 0.6) is 0 Å². The molecule has 1 aliphatic carbocycles. The van der Waals surface area contributed by atoms with Gasteiger partial charge in [-0.15, -0.1) is 0 Å². The van der Waals surface area contributed by atoms with Crippen molar-refractivity contribution < 1.29 is 9.53 Å². The summed E-state index contributed by atoms with van der Waals surface area (Å²) in [4.78, 5) is 28.7. The van der Waals surface area contributed by atoms with Crippen LogP contribution >= 0.6 is 0 Å². The topological polar surface area (TPSA) is 131 Å². The van der Waals surface area contributed by atoms with Crippen molar-refractivity contribution in [2.24, 2.45) is 5.73 Å². The van der Waals surface area contributed by atoms with Crippen LogP contribution in [0.25, 0.3) is 11.2 Å². The van der Waals surface area contributed by atoms with Gasteiger partial charge in [-0.25, -0.2) is 9.78 Å². The molecule has 1 aromatic carbocycles. The van der Waals surface area contributed by atoms with E-state index in [0.717, 1.165) is 44.2 Å². The Hall–Kier alpha value is -3.20. The smallest absolute Gasteiger partial charge is 0.338 e. The number of rotatable bonds is 8. The maximum Gasteiger partial charge on any atom is 0.338 e. The number of hydrogen-bond donors (Lipinski definition) is 4. The number of nitrogens with one attached hydrogen (secondary N) is 3. The van der Waals surface area contributed by atoms with Crippen molar-refractivity contribution >= 4 is 34.6 Å². The molecule has 1 saturated carbocycles. The second kappa shape index (κ2) is 9.74. The Bertz CT molecular complexity index is 1010. The Morgan fingerprint density at radius 3 is 2.71 bits per heavy atom. The molecule has 4 rings (SSSR count). The van der Waals surface area contributed by atoms with Crippen LogP contribution in [0.4, 0.5) is 17.5 Å². The van der Waals surface area contributed by atoms with Crippen LogP contribution in [0, 0.1) is 0 Å². The summed E-state index contributed by atoms with van der Waals surface area (Å²) >= 11 is 0. The third-order valence-electron chi connectivity index (χ3n) is 5.50. The van der Waals surface area contributed by atoms with Gasteiger partial charge in [0.05, 0.1) is 18.5 Å². The average Bonchev–Trinajstić information content (AvgIpc) is 3.25. The lowest BCUT2D eigenvalue weighted by molar-refractivity contribution is 0.0500. The molecule has 3 aromatic rings. The summed E-state index contributed by atoms with van der Waals surface area (Å²) in [5.74, 6) is 0.839. The number of imidazole rings is 1. The van der Waals surface area contributed by atoms with E-state index in [-0.39, 0.29) is 12.0 Å². The van der Waals surface area contributed by atoms with E-state index in [1.165, 1.54) is 0 Å². The first kappa shape index (κ1) is 21.0. The van der Waals surface area contributed by atoms with Gasteiger partial charge in [0.1, 0.15) is 0 Å². The molecule has 0 spiro atoms. The van der Waals surface area contributed by atoms with Gasteiger partial charge in [0.2, 0.25) is 5.95 Å². The number of nitrogens with zero attached hydrogens (tertiary/aromatic N) is 3. The summed E-state index contributed by atoms with van der Waals surface area (Å²) in [6.45, 7) is 2.50. The van der Waals surface area contributed by atoms with Crippen molar-refractivity contribution in [2.75, 3.05) is 17.2 Å². The van der Waals surface area contributed by atoms with Gasteiger partial charge in [0.15, 0.2) is 17.0 Å². The summed E-state index contributed by atoms with van der Waals surface area (Å²) in [6.07, 6.45) is 7.47. The molecule has 5 N–H and O–H groups in total. The number of fused-ring (bicyclic) bond motifs is 1. The zero-order valence-electron chi connectivity index (χ0n) is 17.7. The summed E-state index contributed by atoms with van der Waals surface area (Å²) < 4.78 is 5.26. The standard InChI is InChI=1S/C22H29N7O2/c1-2-3-12-31-21(30)14-4-8-16(9-5-14)26-20-18-19(25-13-24-18)28-22(29-20)27-17-10-6-15(23)7-11-17/h4-5,8-9,13,15,17H,2-3,6-7,10-12,23H2,1H3,(H3,24,25,26,27,28,29)/t15-,17-. The molecule has 0 aliphatic heterocycles. The average molecular weight is 424 g/mol. The lowest BCUT2D eigenvalue weighted by Crippen LogP contribution is -2.33. The molecule has 0 amide bonds. The minimum atomic E-state index is -0.310. The zero-order chi connectivity index (χ0) is 21.6. The number of benzene rings is 1. The molecular formula is C22H29N7O2. The Labute approximate surface area is 181 Å². The molecule has 9 nitrogen and oxygen atoms in total. The number of hydrogen-bond acceptors (Lipinski definition) is 8. The van der Waals surface area contributed by atoms with E-state index in [9.17, 15) is 4.79 Å². The maximum absolute atomic E-state index is 12.1. The fourth-order valence-corrected chi connectivity index (χ4v) is 3.65. The lowest BCUT2D eigenvalue weighted by Gasteiger charge is -2.26. The van der Waals surface area contributed by atoms with Gasteiger partial charge in [-0.1, -0.05) is 13.3 Å². The quantitative estimate of drug-likeness (QED) is 0.318. The third-order valence-corrected chi connectivity index (χ3v) is 5.50. The number of aromatic nitrogens is 4. The molecule has 0 unspecified atom stereocenters. The van der Waals surface area contributed by atoms with E-state index in [1.807, 2.05) is 12.1 Å². The van der Waals surface area contributed by atoms with E-state index in [1.54, 1.807) is 18.5 Å². The van der Waals surface area contributed by atoms with E-state index < -0.39 is 0 Å². The second-order valence-corrected chi connectivity index (χ2v) is 7.94. The predicted molar refractivity (Wildman–Crippen MR) is 120 cm³/mol. The number of esters is 1. The molecule has 164 valence electrons. The largest absolute Gasteiger partial charge is 0.462 e. The van der Waals surface area contributed by atoms with E-state index in [0.29, 0.717) is 41.1 Å². The normalized spacial score (nSPS) is 18.6. The zero-order valence-corrected chi connectivity index (χ0v) is 17.7. The highest BCUT2D eigenvalue weighted by Crippen LogP contribution is 2.25. The number of carbonyl (C=O) groups is 1. The molecule has 2 heterocycles. The fraction of sp³-hybridized carbons (Fsp3) is 0.455. The first-order valence-corrected chi connectivity index (χ1v) is 10.9. The third kappa shape index (κ3) is 5.29. The van der Waals surface area contributed by atoms with Gasteiger partial charge in [0.25, 0.3) is 0 Å². The van der Waals surface area contributed by atoms with Gasteiger partial charge in [-0.05, 0) is 56.4 Å². The minimum Gasteiger partial charge on any atom is -0.462 e. The molecule has 0 radical (unpaired) electrons. The van der Waals surface area contributed by atoms with Gasteiger partial charge in [-0.3, -0.25) is 0 Å². The number of ether oxygens (including phenoxy) is 1. The Morgan fingerprint density at radius 1 is 1.19 bits per heavy atom. The molecule has 1 aliphatic rings. The van der Waals surface area contributed by atoms with Gasteiger partial charge < -0.3 is 26.1 Å². The second-order valence-electron chi connectivity index (χ2n) is 7.94. The van der Waals surface area contributed by atoms with Crippen LogP contribution in [-0.2, 0) is 4.74 Å². The number of H-pyrrole nitrogens is 1. The van der Waals surface area contributed by atoms with E-state index in [4.69, 9.17) is 10.5 Å². The number of aromatic amines is 1. The van der Waals surface area contributed by atoms with Crippen LogP contribution < -0.4 is 16.4 Å². The van der Waals surface area contributed by atoms with Crippen molar-refractivity contribution in [2.45, 2.75) is 57.5 Å². The Morgan fingerprint density at radius 2 is 1.97 bits per heavy atom. The highest BCUT2D eigenvalue weighted by atomic mass is 16.5. The monoisotopic (exact) mass is 423 g/mol. The molecule has 0 atom stereocenters. The van der Waals surface area contributed by atoms with E-state index in [2.05, 4.69) is 37.5 Å². The molecule has 31 heavy (non-hydrogen) atoms. The Kier molecular flexibility index (Phi) is 6.61. The molecular weight excluding hydrogens is 394 g/mol. The minimum absolute atomic E-state index is 0.290. The first-order valence-electron chi connectivity index (χ1n) is 10.9. The number of unbranched alkanes of at least 4 members (excludes halogenated alkanes) is 1. The number of nitrogens with two attached hydrogens (primary N) is 1. The molecule has 0 bridgehead atoms. The summed E-state index contributed by atoms with van der Waals surface area (Å²) in [5.41, 5.74) is 8.63.